The van der Waals surface area contributed by atoms with Gasteiger partial charge >= 0.3 is 0 Å². The Bertz CT molecular complexity index is 989. The van der Waals surface area contributed by atoms with Gasteiger partial charge in [-0.15, -0.1) is 0 Å². The molecule has 5 heteroatoms. The van der Waals surface area contributed by atoms with Gasteiger partial charge in [-0.2, -0.15) is 5.26 Å². The SMILES string of the molecule is Cc1cc(C)c(NC(=O)C(C#N)=C2C(=O)N(C)c3ccccc32)c(C)c1. The minimum absolute atomic E-state index is 0.144. The van der Waals surface area contributed by atoms with E-state index >= 15 is 0 Å². The molecule has 1 N–H and O–H groups in total. The van der Waals surface area contributed by atoms with E-state index in [1.54, 1.807) is 25.2 Å². The number of benzene rings is 2. The van der Waals surface area contributed by atoms with Crippen LogP contribution < -0.4 is 10.2 Å². The second kappa shape index (κ2) is 6.49. The highest BCUT2D eigenvalue weighted by Gasteiger charge is 2.34. The second-order valence-electron chi connectivity index (χ2n) is 6.47. The van der Waals surface area contributed by atoms with E-state index < -0.39 is 5.91 Å². The van der Waals surface area contributed by atoms with Crippen LogP contribution in [-0.2, 0) is 9.59 Å². The number of carbonyl (C=O) groups is 2. The number of fused-ring (bicyclic) bond motifs is 1. The number of hydrogen-bond acceptors (Lipinski definition) is 3. The van der Waals surface area contributed by atoms with Gasteiger partial charge in [-0.05, 0) is 38.0 Å². The Balaban J connectivity index is 2.08. The maximum atomic E-state index is 12.8. The Morgan fingerprint density at radius 2 is 1.73 bits per heavy atom. The molecule has 3 rings (SSSR count). The average molecular weight is 345 g/mol. The third-order valence-corrected chi connectivity index (χ3v) is 4.56. The van der Waals surface area contributed by atoms with Crippen LogP contribution >= 0.6 is 0 Å². The van der Waals surface area contributed by atoms with Crippen molar-refractivity contribution in [2.75, 3.05) is 17.3 Å². The first kappa shape index (κ1) is 17.4. The molecule has 2 aromatic carbocycles. The van der Waals surface area contributed by atoms with Gasteiger partial charge in [-0.1, -0.05) is 35.9 Å². The van der Waals surface area contributed by atoms with Gasteiger partial charge in [0.05, 0.1) is 11.3 Å². The van der Waals surface area contributed by atoms with Crippen LogP contribution in [0.4, 0.5) is 11.4 Å². The number of nitrogens with one attached hydrogen (secondary N) is 1. The normalized spacial score (nSPS) is 14.7. The largest absolute Gasteiger partial charge is 0.321 e. The number of para-hydroxylation sites is 1. The van der Waals surface area contributed by atoms with E-state index in [1.165, 1.54) is 4.90 Å². The molecule has 1 aliphatic rings. The molecule has 0 fully saturated rings. The summed E-state index contributed by atoms with van der Waals surface area (Å²) in [5.41, 5.74) is 4.85. The van der Waals surface area contributed by atoms with E-state index in [0.717, 1.165) is 16.7 Å². The van der Waals surface area contributed by atoms with E-state index in [2.05, 4.69) is 5.32 Å². The van der Waals surface area contributed by atoms with Crippen LogP contribution in [0.5, 0.6) is 0 Å². The summed E-state index contributed by atoms with van der Waals surface area (Å²) < 4.78 is 0. The van der Waals surface area contributed by atoms with E-state index in [1.807, 2.05) is 45.0 Å². The van der Waals surface area contributed by atoms with Crippen LogP contribution in [0, 0.1) is 32.1 Å². The highest BCUT2D eigenvalue weighted by atomic mass is 16.2. The monoisotopic (exact) mass is 345 g/mol. The first-order valence-corrected chi connectivity index (χ1v) is 8.26. The Labute approximate surface area is 152 Å². The molecule has 130 valence electrons. The second-order valence-corrected chi connectivity index (χ2v) is 6.47. The maximum absolute atomic E-state index is 12.8. The minimum Gasteiger partial charge on any atom is -0.321 e. The third kappa shape index (κ3) is 2.76. The molecule has 0 aliphatic carbocycles. The third-order valence-electron chi connectivity index (χ3n) is 4.56. The topological polar surface area (TPSA) is 73.2 Å². The number of aryl methyl sites for hydroxylation is 3. The van der Waals surface area contributed by atoms with Gasteiger partial charge in [0, 0.05) is 18.3 Å². The molecular weight excluding hydrogens is 326 g/mol. The Morgan fingerprint density at radius 1 is 1.12 bits per heavy atom. The summed E-state index contributed by atoms with van der Waals surface area (Å²) in [7, 11) is 1.63. The molecule has 0 spiro atoms. The molecule has 0 saturated carbocycles. The van der Waals surface area contributed by atoms with Crippen molar-refractivity contribution in [2.45, 2.75) is 20.8 Å². The van der Waals surface area contributed by atoms with Gasteiger partial charge in [0.25, 0.3) is 11.8 Å². The van der Waals surface area contributed by atoms with Crippen LogP contribution in [0.2, 0.25) is 0 Å². The van der Waals surface area contributed by atoms with Gasteiger partial charge in [0.15, 0.2) is 0 Å². The molecule has 2 amide bonds. The van der Waals surface area contributed by atoms with E-state index in [-0.39, 0.29) is 17.1 Å². The molecule has 0 aromatic heterocycles. The molecule has 1 heterocycles. The molecule has 0 radical (unpaired) electrons. The average Bonchev–Trinajstić information content (AvgIpc) is 2.84. The Kier molecular flexibility index (Phi) is 4.35. The van der Waals surface area contributed by atoms with Crippen LogP contribution in [0.15, 0.2) is 42.0 Å². The number of anilines is 2. The van der Waals surface area contributed by atoms with Crippen molar-refractivity contribution in [1.29, 1.82) is 5.26 Å². The predicted octanol–water partition coefficient (Wildman–Crippen LogP) is 3.50. The van der Waals surface area contributed by atoms with Crippen LogP contribution in [-0.4, -0.2) is 18.9 Å². The fourth-order valence-electron chi connectivity index (χ4n) is 3.38. The van der Waals surface area contributed by atoms with Crippen LogP contribution in [0.25, 0.3) is 5.57 Å². The van der Waals surface area contributed by atoms with Gasteiger partial charge in [0.2, 0.25) is 0 Å². The number of nitrogens with zero attached hydrogens (tertiary/aromatic N) is 2. The van der Waals surface area contributed by atoms with Gasteiger partial charge in [-0.25, -0.2) is 0 Å². The number of nitriles is 1. The lowest BCUT2D eigenvalue weighted by Crippen LogP contribution is -2.23. The standard InChI is InChI=1S/C21H19N3O2/c1-12-9-13(2)19(14(3)10-12)23-20(25)16(11-22)18-15-7-5-6-8-17(15)24(4)21(18)26/h5-10H,1-4H3,(H,23,25). The summed E-state index contributed by atoms with van der Waals surface area (Å²) >= 11 is 0. The fraction of sp³-hybridized carbons (Fsp3) is 0.190. The predicted molar refractivity (Wildman–Crippen MR) is 102 cm³/mol. The zero-order chi connectivity index (χ0) is 19.0. The number of amides is 2. The summed E-state index contributed by atoms with van der Waals surface area (Å²) in [5.74, 6) is -0.925. The van der Waals surface area contributed by atoms with Gasteiger partial charge in [-0.3, -0.25) is 9.59 Å². The number of likely N-dealkylation sites (N-methyl/N-ethyl adjacent to an activating group) is 1. The van der Waals surface area contributed by atoms with Crippen molar-refractivity contribution >= 4 is 28.8 Å². The molecule has 0 atom stereocenters. The highest BCUT2D eigenvalue weighted by molar-refractivity contribution is 6.37. The summed E-state index contributed by atoms with van der Waals surface area (Å²) in [4.78, 5) is 26.9. The Morgan fingerprint density at radius 3 is 2.35 bits per heavy atom. The lowest BCUT2D eigenvalue weighted by atomic mass is 10.0. The molecule has 0 saturated heterocycles. The van der Waals surface area contributed by atoms with Crippen molar-refractivity contribution in [3.63, 3.8) is 0 Å². The molecule has 5 nitrogen and oxygen atoms in total. The molecule has 0 unspecified atom stereocenters. The first-order valence-electron chi connectivity index (χ1n) is 8.26. The minimum atomic E-state index is -0.573. The zero-order valence-corrected chi connectivity index (χ0v) is 15.2. The molecular formula is C21H19N3O2. The fourth-order valence-corrected chi connectivity index (χ4v) is 3.38. The van der Waals surface area contributed by atoms with Gasteiger partial charge in [0.1, 0.15) is 11.6 Å². The summed E-state index contributed by atoms with van der Waals surface area (Å²) in [6.07, 6.45) is 0. The van der Waals surface area contributed by atoms with Crippen molar-refractivity contribution < 1.29 is 9.59 Å². The quantitative estimate of drug-likeness (QED) is 0.669. The molecule has 26 heavy (non-hydrogen) atoms. The van der Waals surface area contributed by atoms with Crippen LogP contribution in [0.3, 0.4) is 0 Å². The number of hydrogen-bond donors (Lipinski definition) is 1. The smallest absolute Gasteiger partial charge is 0.267 e. The lowest BCUT2D eigenvalue weighted by molar-refractivity contribution is -0.114. The summed E-state index contributed by atoms with van der Waals surface area (Å²) in [6.45, 7) is 5.79. The number of carbonyl (C=O) groups excluding carboxylic acids is 2. The molecule has 1 aliphatic heterocycles. The molecule has 0 bridgehead atoms. The maximum Gasteiger partial charge on any atom is 0.267 e. The van der Waals surface area contributed by atoms with Crippen molar-refractivity contribution in [2.24, 2.45) is 0 Å². The number of rotatable bonds is 2. The Hall–Kier alpha value is -3.39. The first-order chi connectivity index (χ1) is 12.3. The van der Waals surface area contributed by atoms with E-state index in [9.17, 15) is 14.9 Å². The molecule has 2 aromatic rings. The highest BCUT2D eigenvalue weighted by Crippen LogP contribution is 2.37. The van der Waals surface area contributed by atoms with Crippen LogP contribution in [0.1, 0.15) is 22.3 Å². The lowest BCUT2D eigenvalue weighted by Gasteiger charge is -2.13. The van der Waals surface area contributed by atoms with E-state index in [4.69, 9.17) is 0 Å². The van der Waals surface area contributed by atoms with Crippen molar-refractivity contribution in [1.82, 2.24) is 0 Å². The van der Waals surface area contributed by atoms with Gasteiger partial charge < -0.3 is 10.2 Å². The van der Waals surface area contributed by atoms with Crippen molar-refractivity contribution in [3.05, 3.63) is 64.2 Å². The van der Waals surface area contributed by atoms with Crippen molar-refractivity contribution in [3.8, 4) is 6.07 Å². The summed E-state index contributed by atoms with van der Waals surface area (Å²) in [6, 6.07) is 13.0. The zero-order valence-electron chi connectivity index (χ0n) is 15.2. The summed E-state index contributed by atoms with van der Waals surface area (Å²) in [5, 5.41) is 12.4. The van der Waals surface area contributed by atoms with E-state index in [0.29, 0.717) is 16.9 Å².